The number of rotatable bonds is 15. The average molecular weight is 2020 g/mol. The number of allylic oxidation sites excluding steroid dienone is 1. The zero-order chi connectivity index (χ0) is 97.2. The number of nitrogens with zero attached hydrogens (tertiary/aromatic N) is 6. The third kappa shape index (κ3) is 52.1. The Morgan fingerprint density at radius 3 is 1.09 bits per heavy atom. The molecule has 4 unspecified atom stereocenters. The number of ether oxygens (including phenoxy) is 7. The summed E-state index contributed by atoms with van der Waals surface area (Å²) in [6.45, 7) is 63.5. The minimum absolute atomic E-state index is 0. The summed E-state index contributed by atoms with van der Waals surface area (Å²) in [6, 6.07) is 15.5. The predicted molar refractivity (Wildman–Crippen MR) is 521 cm³/mol. The van der Waals surface area contributed by atoms with Crippen LogP contribution in [0.1, 0.15) is 288 Å². The summed E-state index contributed by atoms with van der Waals surface area (Å²) in [5.41, 5.74) is 7.33. The Labute approximate surface area is 818 Å². The largest absolute Gasteiger partial charge is 2.00 e. The number of esters is 2. The molecular formula is C94H164Br2MgN10O19S3. The molecule has 738 valence electrons. The van der Waals surface area contributed by atoms with Gasteiger partial charge in [0.1, 0.15) is 57.0 Å². The van der Waals surface area contributed by atoms with Crippen LogP contribution >= 0.6 is 15.9 Å². The third-order valence-corrected chi connectivity index (χ3v) is 25.3. The molecule has 29 nitrogen and oxygen atoms in total. The number of halogens is 2. The summed E-state index contributed by atoms with van der Waals surface area (Å²) >= 11 is 3.53. The zero-order valence-electron chi connectivity index (χ0n) is 84.4. The van der Waals surface area contributed by atoms with E-state index in [4.69, 9.17) is 39.3 Å². The number of nitrogens with one attached hydrogen (secondary N) is 2. The Morgan fingerprint density at radius 1 is 0.488 bits per heavy atom. The van der Waals surface area contributed by atoms with Gasteiger partial charge in [-0.15, -0.1) is 0 Å². The van der Waals surface area contributed by atoms with Crippen molar-refractivity contribution in [3.05, 3.63) is 82.8 Å². The fourth-order valence-electron chi connectivity index (χ4n) is 12.9. The Bertz CT molecular complexity index is 3900. The van der Waals surface area contributed by atoms with E-state index in [1.807, 2.05) is 223 Å². The molecule has 2 aromatic rings. The maximum Gasteiger partial charge on any atom is 2.00 e. The topological polar surface area (TPSA) is 374 Å². The van der Waals surface area contributed by atoms with E-state index in [-0.39, 0.29) is 134 Å². The van der Waals surface area contributed by atoms with Gasteiger partial charge in [-0.2, -0.15) is 4.40 Å². The van der Waals surface area contributed by atoms with Crippen LogP contribution in [0.2, 0.25) is 0 Å². The second-order valence-electron chi connectivity index (χ2n) is 40.7. The van der Waals surface area contributed by atoms with Crippen LogP contribution in [0.3, 0.4) is 0 Å². The molecule has 7 rings (SSSR count). The van der Waals surface area contributed by atoms with Crippen LogP contribution in [0.15, 0.2) is 63.1 Å². The van der Waals surface area contributed by atoms with Crippen molar-refractivity contribution in [1.29, 1.82) is 0 Å². The van der Waals surface area contributed by atoms with Gasteiger partial charge >= 0.3 is 65.5 Å². The van der Waals surface area contributed by atoms with Gasteiger partial charge in [-0.3, -0.25) is 14.7 Å². The van der Waals surface area contributed by atoms with E-state index in [2.05, 4.69) is 49.0 Å². The van der Waals surface area contributed by atoms with E-state index in [1.54, 1.807) is 42.8 Å². The SMILES string of the molecule is CC(C)(C)OC(=O)N1CCC(C=N[S@@](=O)C(C)(C)C)CC1.CC(C)(C)OC(=O)N1CCC(C=O)CC1.CC(C)(C)[S@@](N)=O.CC(N)C1CCN(C(=O)OC(C)(C)C)CC1.CC(N[S@@](=O)C(C)(C)C)C1CCN(C(=O)OC(C)(C)C)CC1.COC(=O)/C(=C(/C)NC(C)C1CCN(C(=O)OC(C)(C)C)CC1)c1ccccc1Br.COC(=O)C(C(C)=O)c1ccccc1C.[Br-].[CH3-].[Mg+2]. The first kappa shape index (κ1) is 127. The van der Waals surface area contributed by atoms with Crippen LogP contribution in [0, 0.1) is 43.9 Å². The van der Waals surface area contributed by atoms with Crippen LogP contribution in [0.5, 0.6) is 0 Å². The first-order chi connectivity index (χ1) is 57.6. The second-order valence-corrected chi connectivity index (χ2v) is 47.3. The summed E-state index contributed by atoms with van der Waals surface area (Å²) in [5, 5.41) is 8.54. The van der Waals surface area contributed by atoms with E-state index in [9.17, 15) is 55.8 Å². The number of carbonyl (C=O) groups excluding carboxylic acids is 9. The molecule has 0 bridgehead atoms. The van der Waals surface area contributed by atoms with Crippen molar-refractivity contribution >= 4 is 138 Å². The van der Waals surface area contributed by atoms with Gasteiger partial charge in [0, 0.05) is 111 Å². The molecule has 2 aromatic carbocycles. The van der Waals surface area contributed by atoms with Gasteiger partial charge in [0.2, 0.25) is 0 Å². The fourth-order valence-corrected chi connectivity index (χ4v) is 14.9. The summed E-state index contributed by atoms with van der Waals surface area (Å²) < 4.78 is 78.2. The summed E-state index contributed by atoms with van der Waals surface area (Å²) in [6.07, 6.45) is 10.3. The number of aryl methyl sites for hydroxylation is 1. The van der Waals surface area contributed by atoms with Crippen LogP contribution in [-0.2, 0) is 85.3 Å². The number of amides is 5. The molecule has 5 amide bonds. The number of likely N-dealkylation sites (tertiary alicyclic amines) is 5. The van der Waals surface area contributed by atoms with Crippen molar-refractivity contribution in [2.24, 2.45) is 44.9 Å². The molecule has 5 saturated heterocycles. The average Bonchev–Trinajstić information content (AvgIpc) is 0.823. The number of benzene rings is 2. The Hall–Kier alpha value is -5.66. The van der Waals surface area contributed by atoms with Crippen molar-refractivity contribution in [3.63, 3.8) is 0 Å². The van der Waals surface area contributed by atoms with Crippen molar-refractivity contribution < 1.29 is 106 Å². The van der Waals surface area contributed by atoms with Crippen molar-refractivity contribution in [2.45, 2.75) is 338 Å². The first-order valence-electron chi connectivity index (χ1n) is 44.0. The van der Waals surface area contributed by atoms with Crippen LogP contribution in [-0.4, -0.2) is 261 Å². The van der Waals surface area contributed by atoms with Gasteiger partial charge in [-0.05, 0) is 313 Å². The molecule has 5 aliphatic heterocycles. The van der Waals surface area contributed by atoms with E-state index in [1.165, 1.54) is 21.1 Å². The van der Waals surface area contributed by atoms with E-state index in [0.717, 1.165) is 110 Å². The number of carbonyl (C=O) groups is 9. The van der Waals surface area contributed by atoms with Gasteiger partial charge in [-0.1, -0.05) is 58.4 Å². The maximum atomic E-state index is 12.5. The monoisotopic (exact) mass is 2010 g/mol. The molecule has 0 aliphatic carbocycles. The van der Waals surface area contributed by atoms with Gasteiger partial charge in [0.05, 0.1) is 56.0 Å². The number of hydrogen-bond donors (Lipinski definition) is 4. The number of Topliss-reactive ketones (excluding diaryl/α,β-unsaturated/α-hetero) is 1. The van der Waals surface area contributed by atoms with Crippen molar-refractivity contribution in [3.8, 4) is 0 Å². The Balaban J connectivity index is -0.00000147. The van der Waals surface area contributed by atoms with E-state index < -0.39 is 72.8 Å². The molecule has 129 heavy (non-hydrogen) atoms. The zero-order valence-corrected chi connectivity index (χ0v) is 91.4. The molecular weight excluding hydrogens is 1850 g/mol. The van der Waals surface area contributed by atoms with E-state index >= 15 is 0 Å². The molecule has 35 heteroatoms. The minimum Gasteiger partial charge on any atom is -1.00 e. The predicted octanol–water partition coefficient (Wildman–Crippen LogP) is 14.4. The summed E-state index contributed by atoms with van der Waals surface area (Å²) in [5.74, 6) is -0.109. The normalized spacial score (nSPS) is 17.7. The van der Waals surface area contributed by atoms with Gasteiger partial charge in [0.15, 0.2) is 0 Å². The molecule has 0 radical (unpaired) electrons. The number of piperidine rings is 5. The maximum absolute atomic E-state index is 12.5. The molecule has 5 aliphatic rings. The number of aldehydes is 1. The minimum atomic E-state index is -1.21. The summed E-state index contributed by atoms with van der Waals surface area (Å²) in [4.78, 5) is 114. The van der Waals surface area contributed by atoms with Crippen LogP contribution in [0.4, 0.5) is 24.0 Å². The van der Waals surface area contributed by atoms with Crippen molar-refractivity contribution in [2.75, 3.05) is 79.7 Å². The standard InChI is InChI=1S/C23H33BrN2O4.C16H32N2O3S.C15H28N2O3S.C12H24N2O2.C12H14O3.C11H19NO3.C4H11NOS.CH3.BrH.Mg/c1-15(17-11-13-26(14-12-17)22(28)30-23(3,4)5)25-16(2)20(21(27)29-6)18-9-7-8-10-19(18)24;1-12(17-22(20)16(5,6)7)13-8-10-18(11-9-13)14(19)21-15(2,3)4;1-14(2,3)20-13(18)17-9-7-12(8-10-17)11-16-21(19)15(4,5)6;1-9(13)10-5-7-14(8-6-10)11(15)16-12(2,3)4;1-8-6-4-5-7-10(8)11(9(2)13)12(14)15-3;1-11(2,3)15-10(14)12-6-4-9(8-13)5-7-12;1-4(2,3)7(5)6;;;/h7-10,15,17,25H,11-14H2,1-6H3;12-13,17H,8-11H2,1-7H3;11-12H,7-10H2,1-6H3;9-10H,5-8,13H2,1-4H3;4-7,11H,1-3H3;8-9H,4-7H2,1-3H3;5H2,1-3H3;1H3;1H;/q;;;;;;;-1;;+2/p-1/b20-16-;;;;;;;;;/t;12?,22-;21-;;;;7-;;;/m.00...0.../s1. The van der Waals surface area contributed by atoms with E-state index in [0.29, 0.717) is 75.7 Å². The Kier molecular flexibility index (Phi) is 57.9. The molecule has 5 heterocycles. The van der Waals surface area contributed by atoms with Crippen molar-refractivity contribution in [1.82, 2.24) is 34.5 Å². The third-order valence-electron chi connectivity index (χ3n) is 20.3. The first-order valence-corrected chi connectivity index (χ1v) is 48.3. The molecule has 0 aromatic heterocycles. The van der Waals surface area contributed by atoms with Gasteiger partial charge < -0.3 is 97.9 Å². The van der Waals surface area contributed by atoms with Crippen LogP contribution < -0.4 is 37.9 Å². The fraction of sp³-hybridized carbons (Fsp3) is 0.734. The summed E-state index contributed by atoms with van der Waals surface area (Å²) in [7, 11) is -0.764. The number of ketones is 1. The second kappa shape index (κ2) is 58.6. The molecule has 0 saturated carbocycles. The van der Waals surface area contributed by atoms with Gasteiger partial charge in [0.25, 0.3) is 0 Å². The Morgan fingerprint density at radius 2 is 0.806 bits per heavy atom. The molecule has 7 atom stereocenters. The molecule has 0 spiro atoms. The number of nitrogens with two attached hydrogens (primary N) is 2. The smallest absolute Gasteiger partial charge is 1.00 e. The van der Waals surface area contributed by atoms with Gasteiger partial charge in [-0.25, -0.2) is 46.1 Å². The van der Waals surface area contributed by atoms with Crippen LogP contribution in [0.25, 0.3) is 5.57 Å². The quantitative estimate of drug-likeness (QED) is 0.0188. The number of methoxy groups -OCH3 is 2. The molecule has 6 N–H and O–H groups in total. The molecule has 5 fully saturated rings. The number of hydrogen-bond acceptors (Lipinski definition) is 21.